The summed E-state index contributed by atoms with van der Waals surface area (Å²) in [5.41, 5.74) is 7.74. The van der Waals surface area contributed by atoms with Crippen LogP contribution in [0.5, 0.6) is 0 Å². The van der Waals surface area contributed by atoms with Gasteiger partial charge in [0, 0.05) is 31.0 Å². The first-order chi connectivity index (χ1) is 10.2. The second-order valence-electron chi connectivity index (χ2n) is 4.49. The van der Waals surface area contributed by atoms with Crippen molar-refractivity contribution >= 4 is 17.3 Å². The lowest BCUT2D eigenvalue weighted by atomic mass is 10.2. The molecule has 4 aromatic heterocycles. The van der Waals surface area contributed by atoms with Gasteiger partial charge in [-0.2, -0.15) is 5.10 Å². The average molecular weight is 279 g/mol. The molecule has 102 valence electrons. The molecule has 8 heteroatoms. The number of nitrogens with zero attached hydrogens (tertiary/aromatic N) is 6. The van der Waals surface area contributed by atoms with Crippen molar-refractivity contribution in [3.8, 4) is 11.3 Å². The maximum atomic E-state index is 11.2. The monoisotopic (exact) mass is 279 g/mol. The molecule has 0 saturated heterocycles. The predicted octanol–water partition coefficient (Wildman–Crippen LogP) is 0.538. The SMILES string of the molecule is NC(=O)c1cnc2nc(-c3cnn4cccnc34)cn2c1. The molecule has 0 fully saturated rings. The average Bonchev–Trinajstić information content (AvgIpc) is 3.09. The number of fused-ring (bicyclic) bond motifs is 2. The van der Waals surface area contributed by atoms with E-state index in [1.54, 1.807) is 39.8 Å². The Bertz CT molecular complexity index is 984. The zero-order valence-electron chi connectivity index (χ0n) is 10.7. The Labute approximate surface area is 117 Å². The van der Waals surface area contributed by atoms with Gasteiger partial charge in [-0.3, -0.25) is 9.20 Å². The van der Waals surface area contributed by atoms with Crippen LogP contribution in [0.3, 0.4) is 0 Å². The summed E-state index contributed by atoms with van der Waals surface area (Å²) in [5.74, 6) is -0.0532. The van der Waals surface area contributed by atoms with Crippen LogP contribution in [0.4, 0.5) is 0 Å². The highest BCUT2D eigenvalue weighted by atomic mass is 16.1. The lowest BCUT2D eigenvalue weighted by Gasteiger charge is -1.95. The van der Waals surface area contributed by atoms with Gasteiger partial charge in [-0.25, -0.2) is 19.5 Å². The number of imidazole rings is 1. The minimum atomic E-state index is -0.530. The number of aromatic nitrogens is 6. The summed E-state index contributed by atoms with van der Waals surface area (Å²) in [6.07, 6.45) is 9.97. The Balaban J connectivity index is 1.92. The van der Waals surface area contributed by atoms with Crippen molar-refractivity contribution in [3.63, 3.8) is 0 Å². The summed E-state index contributed by atoms with van der Waals surface area (Å²) < 4.78 is 3.32. The summed E-state index contributed by atoms with van der Waals surface area (Å²) in [5, 5.41) is 4.22. The lowest BCUT2D eigenvalue weighted by molar-refractivity contribution is 0.0999. The van der Waals surface area contributed by atoms with Gasteiger partial charge in [-0.15, -0.1) is 0 Å². The van der Waals surface area contributed by atoms with Crippen molar-refractivity contribution in [2.75, 3.05) is 0 Å². The Morgan fingerprint density at radius 2 is 2.10 bits per heavy atom. The molecule has 0 aliphatic heterocycles. The largest absolute Gasteiger partial charge is 0.366 e. The van der Waals surface area contributed by atoms with Gasteiger partial charge in [0.2, 0.25) is 5.78 Å². The fourth-order valence-electron chi connectivity index (χ4n) is 2.15. The molecule has 0 unspecified atom stereocenters. The Hall–Kier alpha value is -3.29. The summed E-state index contributed by atoms with van der Waals surface area (Å²) in [4.78, 5) is 24.0. The van der Waals surface area contributed by atoms with E-state index in [-0.39, 0.29) is 0 Å². The van der Waals surface area contributed by atoms with Crippen LogP contribution in [-0.4, -0.2) is 34.9 Å². The smallest absolute Gasteiger partial charge is 0.251 e. The van der Waals surface area contributed by atoms with Gasteiger partial charge in [0.05, 0.1) is 23.0 Å². The standard InChI is InChI=1S/C13H9N7O/c14-11(21)8-4-16-13-18-10(7-19(13)6-8)9-5-17-20-3-1-2-15-12(9)20/h1-7H,(H2,14,21). The molecule has 4 rings (SSSR count). The minimum absolute atomic E-state index is 0.324. The number of hydrogen-bond donors (Lipinski definition) is 1. The third kappa shape index (κ3) is 1.73. The van der Waals surface area contributed by atoms with Gasteiger partial charge >= 0.3 is 0 Å². The second kappa shape index (κ2) is 4.10. The summed E-state index contributed by atoms with van der Waals surface area (Å²) >= 11 is 0. The first-order valence-electron chi connectivity index (χ1n) is 6.16. The van der Waals surface area contributed by atoms with E-state index in [4.69, 9.17) is 5.73 Å². The first kappa shape index (κ1) is 11.5. The van der Waals surface area contributed by atoms with E-state index in [0.717, 1.165) is 5.56 Å². The zero-order valence-corrected chi connectivity index (χ0v) is 10.7. The van der Waals surface area contributed by atoms with Crippen molar-refractivity contribution in [1.29, 1.82) is 0 Å². The number of primary amides is 1. The fraction of sp³-hybridized carbons (Fsp3) is 0. The van der Waals surface area contributed by atoms with Crippen molar-refractivity contribution in [2.24, 2.45) is 5.73 Å². The molecule has 0 bridgehead atoms. The molecule has 0 radical (unpaired) electrons. The highest BCUT2D eigenvalue weighted by Crippen LogP contribution is 2.22. The van der Waals surface area contributed by atoms with Gasteiger partial charge in [0.15, 0.2) is 5.65 Å². The third-order valence-electron chi connectivity index (χ3n) is 3.15. The van der Waals surface area contributed by atoms with E-state index in [1.807, 2.05) is 6.20 Å². The molecule has 0 atom stereocenters. The predicted molar refractivity (Wildman–Crippen MR) is 73.5 cm³/mol. The highest BCUT2D eigenvalue weighted by Gasteiger charge is 2.12. The molecule has 0 aromatic carbocycles. The zero-order chi connectivity index (χ0) is 14.4. The van der Waals surface area contributed by atoms with Gasteiger partial charge in [-0.1, -0.05) is 0 Å². The second-order valence-corrected chi connectivity index (χ2v) is 4.49. The molecular formula is C13H9N7O. The van der Waals surface area contributed by atoms with Crippen LogP contribution < -0.4 is 5.73 Å². The van der Waals surface area contributed by atoms with Gasteiger partial charge in [0.1, 0.15) is 0 Å². The molecule has 0 saturated carbocycles. The molecule has 2 N–H and O–H groups in total. The van der Waals surface area contributed by atoms with Crippen LogP contribution in [0.2, 0.25) is 0 Å². The van der Waals surface area contributed by atoms with Crippen LogP contribution in [0, 0.1) is 0 Å². The van der Waals surface area contributed by atoms with Crippen molar-refractivity contribution in [3.05, 3.63) is 48.8 Å². The molecule has 1 amide bonds. The van der Waals surface area contributed by atoms with E-state index < -0.39 is 5.91 Å². The molecule has 0 spiro atoms. The fourth-order valence-corrected chi connectivity index (χ4v) is 2.15. The maximum absolute atomic E-state index is 11.2. The Morgan fingerprint density at radius 3 is 2.95 bits per heavy atom. The molecule has 4 heterocycles. The van der Waals surface area contributed by atoms with Crippen LogP contribution in [-0.2, 0) is 0 Å². The number of nitrogens with two attached hydrogens (primary N) is 1. The van der Waals surface area contributed by atoms with Crippen LogP contribution in [0.15, 0.2) is 43.2 Å². The Morgan fingerprint density at radius 1 is 1.19 bits per heavy atom. The van der Waals surface area contributed by atoms with Crippen molar-refractivity contribution in [1.82, 2.24) is 29.0 Å². The van der Waals surface area contributed by atoms with Gasteiger partial charge in [-0.05, 0) is 6.07 Å². The molecule has 21 heavy (non-hydrogen) atoms. The summed E-state index contributed by atoms with van der Waals surface area (Å²) in [6, 6.07) is 1.80. The number of carbonyl (C=O) groups is 1. The highest BCUT2D eigenvalue weighted by molar-refractivity contribution is 5.92. The van der Waals surface area contributed by atoms with Gasteiger partial charge < -0.3 is 5.73 Å². The first-order valence-corrected chi connectivity index (χ1v) is 6.16. The number of amides is 1. The number of rotatable bonds is 2. The number of carbonyl (C=O) groups excluding carboxylic acids is 1. The normalized spacial score (nSPS) is 11.2. The van der Waals surface area contributed by atoms with Crippen LogP contribution in [0.25, 0.3) is 22.7 Å². The van der Waals surface area contributed by atoms with E-state index in [9.17, 15) is 4.79 Å². The molecule has 0 aliphatic rings. The molecule has 4 aromatic rings. The molecule has 8 nitrogen and oxygen atoms in total. The molecule has 0 aliphatic carbocycles. The lowest BCUT2D eigenvalue weighted by Crippen LogP contribution is -2.12. The van der Waals surface area contributed by atoms with E-state index in [0.29, 0.717) is 22.7 Å². The maximum Gasteiger partial charge on any atom is 0.251 e. The van der Waals surface area contributed by atoms with Crippen LogP contribution >= 0.6 is 0 Å². The third-order valence-corrected chi connectivity index (χ3v) is 3.15. The van der Waals surface area contributed by atoms with E-state index in [2.05, 4.69) is 20.1 Å². The minimum Gasteiger partial charge on any atom is -0.366 e. The van der Waals surface area contributed by atoms with E-state index >= 15 is 0 Å². The Kier molecular flexibility index (Phi) is 2.25. The van der Waals surface area contributed by atoms with Crippen molar-refractivity contribution < 1.29 is 4.79 Å². The summed E-state index contributed by atoms with van der Waals surface area (Å²) in [7, 11) is 0. The quantitative estimate of drug-likeness (QED) is 0.576. The van der Waals surface area contributed by atoms with Gasteiger partial charge in [0.25, 0.3) is 5.91 Å². The summed E-state index contributed by atoms with van der Waals surface area (Å²) in [6.45, 7) is 0. The topological polar surface area (TPSA) is 103 Å². The van der Waals surface area contributed by atoms with E-state index in [1.165, 1.54) is 6.20 Å². The molecular weight excluding hydrogens is 270 g/mol. The van der Waals surface area contributed by atoms with Crippen molar-refractivity contribution in [2.45, 2.75) is 0 Å². The van der Waals surface area contributed by atoms with Crippen LogP contribution in [0.1, 0.15) is 10.4 Å². The number of hydrogen-bond acceptors (Lipinski definition) is 5.